The lowest BCUT2D eigenvalue weighted by atomic mass is 10.2. The summed E-state index contributed by atoms with van der Waals surface area (Å²) in [6.07, 6.45) is 5.94. The third-order valence-electron chi connectivity index (χ3n) is 2.77. The summed E-state index contributed by atoms with van der Waals surface area (Å²) >= 11 is 0. The fourth-order valence-corrected chi connectivity index (χ4v) is 3.00. The van der Waals surface area contributed by atoms with Crippen molar-refractivity contribution in [1.29, 1.82) is 0 Å². The molecule has 3 N–H and O–H groups in total. The number of carboxylic acids is 1. The molecule has 0 bridgehead atoms. The molecule has 0 aliphatic heterocycles. The summed E-state index contributed by atoms with van der Waals surface area (Å²) in [5.41, 5.74) is 0. The lowest BCUT2D eigenvalue weighted by Gasteiger charge is -2.13. The van der Waals surface area contributed by atoms with E-state index in [-0.39, 0.29) is 4.90 Å². The van der Waals surface area contributed by atoms with Gasteiger partial charge in [0.25, 0.3) is 0 Å². The molecule has 0 spiro atoms. The second-order valence-corrected chi connectivity index (χ2v) is 6.04. The molecule has 0 aromatic carbocycles. The van der Waals surface area contributed by atoms with E-state index in [0.717, 1.165) is 10.9 Å². The summed E-state index contributed by atoms with van der Waals surface area (Å²) in [6.45, 7) is 1.43. The number of nitrogens with one attached hydrogen (secondary N) is 2. The molecule has 2 aromatic heterocycles. The monoisotopic (exact) mass is 313 g/mol. The minimum absolute atomic E-state index is 0.0891. The number of carboxylic acid groups (broad SMARTS) is 1. The largest absolute Gasteiger partial charge is 0.480 e. The van der Waals surface area contributed by atoms with Gasteiger partial charge in [0.1, 0.15) is 17.3 Å². The normalized spacial score (nSPS) is 13.2. The molecular weight excluding hydrogens is 298 g/mol. The Morgan fingerprint density at radius 3 is 2.90 bits per heavy atom. The molecule has 2 rings (SSSR count). The number of aromatic nitrogens is 4. The molecule has 1 unspecified atom stereocenters. The van der Waals surface area contributed by atoms with Crippen LogP contribution in [-0.4, -0.2) is 39.2 Å². The molecule has 1 atom stereocenters. The number of H-pyrrole nitrogens is 1. The van der Waals surface area contributed by atoms with E-state index in [2.05, 4.69) is 19.8 Å². The van der Waals surface area contributed by atoms with Crippen molar-refractivity contribution in [3.63, 3.8) is 0 Å². The fourth-order valence-electron chi connectivity index (χ4n) is 1.76. The van der Waals surface area contributed by atoms with Crippen LogP contribution >= 0.6 is 0 Å². The van der Waals surface area contributed by atoms with Crippen molar-refractivity contribution in [3.8, 4) is 0 Å². The maximum Gasteiger partial charge on any atom is 0.325 e. The minimum Gasteiger partial charge on any atom is -0.480 e. The highest BCUT2D eigenvalue weighted by Gasteiger charge is 2.23. The molecule has 0 aliphatic carbocycles. The van der Waals surface area contributed by atoms with Crippen LogP contribution in [0, 0.1) is 0 Å². The highest BCUT2D eigenvalue weighted by Crippen LogP contribution is 2.16. The van der Waals surface area contributed by atoms with Crippen molar-refractivity contribution in [1.82, 2.24) is 24.5 Å². The van der Waals surface area contributed by atoms with Crippen LogP contribution in [0.15, 0.2) is 29.7 Å². The van der Waals surface area contributed by atoms with Gasteiger partial charge >= 0.3 is 5.97 Å². The Morgan fingerprint density at radius 1 is 1.57 bits per heavy atom. The number of hydrogen-bond acceptors (Lipinski definition) is 5. The van der Waals surface area contributed by atoms with E-state index in [4.69, 9.17) is 5.11 Å². The zero-order valence-electron chi connectivity index (χ0n) is 11.2. The quantitative estimate of drug-likeness (QED) is 0.665. The van der Waals surface area contributed by atoms with Crippen LogP contribution in [-0.2, 0) is 21.4 Å². The number of aliphatic carboxylic acids is 1. The van der Waals surface area contributed by atoms with Crippen LogP contribution in [0.1, 0.15) is 25.2 Å². The topological polar surface area (TPSA) is 130 Å². The van der Waals surface area contributed by atoms with Crippen LogP contribution in [0.3, 0.4) is 0 Å². The van der Waals surface area contributed by atoms with Crippen LogP contribution in [0.2, 0.25) is 0 Å². The standard InChI is InChI=1S/C11H15N5O4S/c1-2-9(11-12-3-4-13-11)15-21(19,20)8-5-14-16(6-8)7-10(17)18/h3-6,9,15H,2,7H2,1H3,(H,12,13)(H,17,18). The molecule has 0 saturated carbocycles. The molecule has 9 nitrogen and oxygen atoms in total. The third-order valence-corrected chi connectivity index (χ3v) is 4.20. The van der Waals surface area contributed by atoms with E-state index >= 15 is 0 Å². The summed E-state index contributed by atoms with van der Waals surface area (Å²) in [5.74, 6) is -0.587. The Hall–Kier alpha value is -2.20. The van der Waals surface area contributed by atoms with Gasteiger partial charge in [-0.05, 0) is 6.42 Å². The zero-order valence-corrected chi connectivity index (χ0v) is 12.0. The predicted molar refractivity (Wildman–Crippen MR) is 71.8 cm³/mol. The molecule has 2 aromatic rings. The lowest BCUT2D eigenvalue weighted by molar-refractivity contribution is -0.137. The van der Waals surface area contributed by atoms with Crippen molar-refractivity contribution < 1.29 is 18.3 Å². The molecule has 0 amide bonds. The molecule has 21 heavy (non-hydrogen) atoms. The maximum atomic E-state index is 12.2. The number of aromatic amines is 1. The number of rotatable bonds is 7. The summed E-state index contributed by atoms with van der Waals surface area (Å²) in [6, 6.07) is -0.493. The average Bonchev–Trinajstić information content (AvgIpc) is 3.06. The lowest BCUT2D eigenvalue weighted by Crippen LogP contribution is -2.28. The average molecular weight is 313 g/mol. The first-order valence-corrected chi connectivity index (χ1v) is 7.66. The SMILES string of the molecule is CCC(NS(=O)(=O)c1cnn(CC(=O)O)c1)c1ncc[nH]1. The molecule has 0 aliphatic rings. The van der Waals surface area contributed by atoms with E-state index in [9.17, 15) is 13.2 Å². The molecule has 0 fully saturated rings. The number of nitrogens with zero attached hydrogens (tertiary/aromatic N) is 3. The van der Waals surface area contributed by atoms with Crippen LogP contribution in [0.25, 0.3) is 0 Å². The van der Waals surface area contributed by atoms with Gasteiger partial charge < -0.3 is 10.1 Å². The predicted octanol–water partition coefficient (Wildman–Crippen LogP) is 0.120. The maximum absolute atomic E-state index is 12.2. The van der Waals surface area contributed by atoms with E-state index < -0.39 is 28.6 Å². The summed E-state index contributed by atoms with van der Waals surface area (Å²) < 4.78 is 28.0. The molecule has 10 heteroatoms. The van der Waals surface area contributed by atoms with Gasteiger partial charge in [0, 0.05) is 18.6 Å². The van der Waals surface area contributed by atoms with E-state index in [1.54, 1.807) is 6.20 Å². The Bertz CT molecular complexity index is 707. The first-order chi connectivity index (χ1) is 9.92. The van der Waals surface area contributed by atoms with Gasteiger partial charge in [-0.15, -0.1) is 0 Å². The fraction of sp³-hybridized carbons (Fsp3) is 0.364. The van der Waals surface area contributed by atoms with Crippen molar-refractivity contribution >= 4 is 16.0 Å². The van der Waals surface area contributed by atoms with Gasteiger partial charge in [-0.25, -0.2) is 18.1 Å². The van der Waals surface area contributed by atoms with Gasteiger partial charge in [0.05, 0.1) is 12.2 Å². The number of hydrogen-bond donors (Lipinski definition) is 3. The Balaban J connectivity index is 2.17. The molecular formula is C11H15N5O4S. The van der Waals surface area contributed by atoms with Crippen molar-refractivity contribution in [2.75, 3.05) is 0 Å². The Morgan fingerprint density at radius 2 is 2.33 bits per heavy atom. The van der Waals surface area contributed by atoms with Crippen LogP contribution in [0.4, 0.5) is 0 Å². The van der Waals surface area contributed by atoms with E-state index in [0.29, 0.717) is 12.2 Å². The van der Waals surface area contributed by atoms with Crippen molar-refractivity contribution in [2.45, 2.75) is 30.8 Å². The summed E-state index contributed by atoms with van der Waals surface area (Å²) in [7, 11) is -3.80. The van der Waals surface area contributed by atoms with Gasteiger partial charge in [0.15, 0.2) is 0 Å². The first-order valence-electron chi connectivity index (χ1n) is 6.18. The summed E-state index contributed by atoms with van der Waals surface area (Å²) in [4.78, 5) is 17.4. The number of imidazole rings is 1. The third kappa shape index (κ3) is 3.67. The zero-order chi connectivity index (χ0) is 15.5. The van der Waals surface area contributed by atoms with Gasteiger partial charge in [-0.1, -0.05) is 6.92 Å². The smallest absolute Gasteiger partial charge is 0.325 e. The Kier molecular flexibility index (Phi) is 4.38. The molecule has 2 heterocycles. The van der Waals surface area contributed by atoms with Crippen LogP contribution < -0.4 is 4.72 Å². The van der Waals surface area contributed by atoms with E-state index in [1.165, 1.54) is 12.4 Å². The van der Waals surface area contributed by atoms with Gasteiger partial charge in [-0.2, -0.15) is 5.10 Å². The molecule has 0 radical (unpaired) electrons. The number of carbonyl (C=O) groups is 1. The number of sulfonamides is 1. The van der Waals surface area contributed by atoms with Gasteiger partial charge in [-0.3, -0.25) is 9.48 Å². The Labute approximate surface area is 121 Å². The van der Waals surface area contributed by atoms with E-state index in [1.807, 2.05) is 6.92 Å². The molecule has 114 valence electrons. The van der Waals surface area contributed by atoms with Crippen molar-refractivity contribution in [3.05, 3.63) is 30.6 Å². The highest BCUT2D eigenvalue weighted by atomic mass is 32.2. The second kappa shape index (κ2) is 6.06. The molecule has 0 saturated heterocycles. The van der Waals surface area contributed by atoms with Gasteiger partial charge in [0.2, 0.25) is 10.0 Å². The summed E-state index contributed by atoms with van der Waals surface area (Å²) in [5, 5.41) is 12.4. The minimum atomic E-state index is -3.80. The highest BCUT2D eigenvalue weighted by molar-refractivity contribution is 7.89. The first kappa shape index (κ1) is 15.2. The van der Waals surface area contributed by atoms with Crippen molar-refractivity contribution in [2.24, 2.45) is 0 Å². The second-order valence-electron chi connectivity index (χ2n) is 4.32. The van der Waals surface area contributed by atoms with Crippen LogP contribution in [0.5, 0.6) is 0 Å².